The smallest absolute Gasteiger partial charge is 0.0348 e. The maximum Gasteiger partial charge on any atom is 0.0348 e. The highest BCUT2D eigenvalue weighted by molar-refractivity contribution is 5.36. The Morgan fingerprint density at radius 1 is 1.20 bits per heavy atom. The lowest BCUT2D eigenvalue weighted by Crippen LogP contribution is -2.38. The number of nitrogens with one attached hydrogen (secondary N) is 1. The zero-order chi connectivity index (χ0) is 13.8. The topological polar surface area (TPSA) is 12.0 Å². The summed E-state index contributed by atoms with van der Waals surface area (Å²) in [7, 11) is 0. The quantitative estimate of drug-likeness (QED) is 0.771. The molecule has 2 aliphatic carbocycles. The zero-order valence-corrected chi connectivity index (χ0v) is 12.7. The molecule has 1 heteroatoms. The first-order valence-electron chi connectivity index (χ1n) is 8.40. The summed E-state index contributed by atoms with van der Waals surface area (Å²) in [5.41, 5.74) is 4.88. The summed E-state index contributed by atoms with van der Waals surface area (Å²) < 4.78 is 0. The Kier molecular flexibility index (Phi) is 4.57. The number of hydrogen-bond acceptors (Lipinski definition) is 1. The van der Waals surface area contributed by atoms with Crippen LogP contribution in [0.2, 0.25) is 0 Å². The first kappa shape index (κ1) is 13.9. The molecule has 3 rings (SSSR count). The van der Waals surface area contributed by atoms with E-state index in [1.165, 1.54) is 44.9 Å². The molecule has 0 spiro atoms. The number of aryl methyl sites for hydroxylation is 1. The minimum absolute atomic E-state index is 0.582. The average Bonchev–Trinajstić information content (AvgIpc) is 3.02. The molecule has 2 aliphatic rings. The molecular weight excluding hydrogens is 242 g/mol. The van der Waals surface area contributed by atoms with E-state index >= 15 is 0 Å². The van der Waals surface area contributed by atoms with Crippen LogP contribution in [0.15, 0.2) is 35.9 Å². The monoisotopic (exact) mass is 269 g/mol. The Hall–Kier alpha value is -1.08. The van der Waals surface area contributed by atoms with E-state index in [0.717, 1.165) is 6.54 Å². The average molecular weight is 269 g/mol. The molecule has 2 unspecified atom stereocenters. The molecule has 108 valence electrons. The highest BCUT2D eigenvalue weighted by Gasteiger charge is 2.30. The Bertz CT molecular complexity index is 474. The number of rotatable bonds is 5. The molecule has 0 saturated carbocycles. The summed E-state index contributed by atoms with van der Waals surface area (Å²) >= 11 is 0. The van der Waals surface area contributed by atoms with Crippen LogP contribution in [-0.4, -0.2) is 12.6 Å². The fourth-order valence-electron chi connectivity index (χ4n) is 3.95. The van der Waals surface area contributed by atoms with Gasteiger partial charge in [-0.2, -0.15) is 0 Å². The van der Waals surface area contributed by atoms with Gasteiger partial charge < -0.3 is 5.32 Å². The van der Waals surface area contributed by atoms with Gasteiger partial charge in [0.2, 0.25) is 0 Å². The van der Waals surface area contributed by atoms with Crippen molar-refractivity contribution in [2.45, 2.75) is 63.8 Å². The van der Waals surface area contributed by atoms with Crippen molar-refractivity contribution in [2.75, 3.05) is 6.54 Å². The van der Waals surface area contributed by atoms with E-state index < -0.39 is 0 Å². The predicted octanol–water partition coefficient (Wildman–Crippen LogP) is 4.59. The van der Waals surface area contributed by atoms with Crippen molar-refractivity contribution in [1.82, 2.24) is 5.32 Å². The van der Waals surface area contributed by atoms with E-state index in [9.17, 15) is 0 Å². The highest BCUT2D eigenvalue weighted by atomic mass is 14.9. The van der Waals surface area contributed by atoms with Gasteiger partial charge in [0.15, 0.2) is 0 Å². The molecule has 0 amide bonds. The van der Waals surface area contributed by atoms with E-state index in [1.54, 1.807) is 16.7 Å². The summed E-state index contributed by atoms with van der Waals surface area (Å²) in [5.74, 6) is 0.691. The predicted molar refractivity (Wildman–Crippen MR) is 86.1 cm³/mol. The Morgan fingerprint density at radius 2 is 2.10 bits per heavy atom. The standard InChI is InChI=1S/C19H27N/c1-2-14-20-19(16-9-3-4-10-16)18-13-7-11-15-8-5-6-12-17(15)18/h5-6,8-9,12,18-20H,2-4,7,10-11,13-14H2,1H3. The van der Waals surface area contributed by atoms with Gasteiger partial charge in [-0.15, -0.1) is 0 Å². The summed E-state index contributed by atoms with van der Waals surface area (Å²) in [6.07, 6.45) is 11.6. The van der Waals surface area contributed by atoms with Gasteiger partial charge in [0, 0.05) is 12.0 Å². The third kappa shape index (κ3) is 2.83. The molecule has 0 fully saturated rings. The first-order valence-corrected chi connectivity index (χ1v) is 8.40. The molecule has 20 heavy (non-hydrogen) atoms. The number of hydrogen-bond donors (Lipinski definition) is 1. The van der Waals surface area contributed by atoms with Crippen LogP contribution >= 0.6 is 0 Å². The summed E-state index contributed by atoms with van der Waals surface area (Å²) in [6.45, 7) is 3.41. The van der Waals surface area contributed by atoms with E-state index in [4.69, 9.17) is 0 Å². The van der Waals surface area contributed by atoms with Gasteiger partial charge in [-0.25, -0.2) is 0 Å². The van der Waals surface area contributed by atoms with Gasteiger partial charge in [-0.05, 0) is 62.6 Å². The van der Waals surface area contributed by atoms with E-state index in [-0.39, 0.29) is 0 Å². The van der Waals surface area contributed by atoms with Gasteiger partial charge in [-0.1, -0.05) is 42.8 Å². The van der Waals surface area contributed by atoms with Gasteiger partial charge in [0.25, 0.3) is 0 Å². The molecule has 1 N–H and O–H groups in total. The first-order chi connectivity index (χ1) is 9.90. The summed E-state index contributed by atoms with van der Waals surface area (Å²) in [5, 5.41) is 3.85. The summed E-state index contributed by atoms with van der Waals surface area (Å²) in [6, 6.07) is 9.71. The summed E-state index contributed by atoms with van der Waals surface area (Å²) in [4.78, 5) is 0. The molecular formula is C19H27N. The highest BCUT2D eigenvalue weighted by Crippen LogP contribution is 2.38. The normalized spacial score (nSPS) is 23.2. The number of benzene rings is 1. The van der Waals surface area contributed by atoms with Crippen LogP contribution in [-0.2, 0) is 6.42 Å². The Labute approximate surface area is 123 Å². The molecule has 2 atom stereocenters. The maximum absolute atomic E-state index is 3.85. The largest absolute Gasteiger partial charge is 0.310 e. The lowest BCUT2D eigenvalue weighted by atomic mass is 9.76. The molecule has 0 radical (unpaired) electrons. The Morgan fingerprint density at radius 3 is 2.90 bits per heavy atom. The second-order valence-electron chi connectivity index (χ2n) is 6.30. The molecule has 0 aliphatic heterocycles. The van der Waals surface area contributed by atoms with Crippen molar-refractivity contribution in [1.29, 1.82) is 0 Å². The van der Waals surface area contributed by atoms with Crippen molar-refractivity contribution < 1.29 is 0 Å². The number of fused-ring (bicyclic) bond motifs is 1. The lowest BCUT2D eigenvalue weighted by Gasteiger charge is -2.34. The van der Waals surface area contributed by atoms with Crippen LogP contribution in [0.5, 0.6) is 0 Å². The van der Waals surface area contributed by atoms with Crippen LogP contribution in [0.4, 0.5) is 0 Å². The maximum atomic E-state index is 3.85. The van der Waals surface area contributed by atoms with Crippen molar-refractivity contribution in [3.8, 4) is 0 Å². The second-order valence-corrected chi connectivity index (χ2v) is 6.30. The zero-order valence-electron chi connectivity index (χ0n) is 12.7. The minimum Gasteiger partial charge on any atom is -0.310 e. The van der Waals surface area contributed by atoms with Crippen LogP contribution < -0.4 is 5.32 Å². The number of allylic oxidation sites excluding steroid dienone is 1. The third-order valence-electron chi connectivity index (χ3n) is 4.91. The SMILES string of the molecule is CCCNC(C1=CCCC1)C1CCCc2ccccc21. The molecule has 1 aromatic rings. The molecule has 0 saturated heterocycles. The van der Waals surface area contributed by atoms with E-state index in [0.29, 0.717) is 12.0 Å². The fraction of sp³-hybridized carbons (Fsp3) is 0.579. The molecule has 0 bridgehead atoms. The van der Waals surface area contributed by atoms with Gasteiger partial charge in [0.1, 0.15) is 0 Å². The van der Waals surface area contributed by atoms with Gasteiger partial charge in [-0.3, -0.25) is 0 Å². The van der Waals surface area contributed by atoms with Crippen molar-refractivity contribution in [2.24, 2.45) is 0 Å². The van der Waals surface area contributed by atoms with E-state index in [2.05, 4.69) is 42.6 Å². The molecule has 0 heterocycles. The van der Waals surface area contributed by atoms with Crippen molar-refractivity contribution in [3.63, 3.8) is 0 Å². The minimum atomic E-state index is 0.582. The Balaban J connectivity index is 1.87. The van der Waals surface area contributed by atoms with E-state index in [1.807, 2.05) is 0 Å². The van der Waals surface area contributed by atoms with Crippen LogP contribution in [0.1, 0.15) is 62.5 Å². The van der Waals surface area contributed by atoms with Gasteiger partial charge in [0.05, 0.1) is 0 Å². The van der Waals surface area contributed by atoms with Crippen molar-refractivity contribution >= 4 is 0 Å². The third-order valence-corrected chi connectivity index (χ3v) is 4.91. The van der Waals surface area contributed by atoms with Crippen LogP contribution in [0.25, 0.3) is 0 Å². The molecule has 1 aromatic carbocycles. The van der Waals surface area contributed by atoms with Gasteiger partial charge >= 0.3 is 0 Å². The molecule has 0 aromatic heterocycles. The fourth-order valence-corrected chi connectivity index (χ4v) is 3.95. The molecule has 1 nitrogen and oxygen atoms in total. The second kappa shape index (κ2) is 6.58. The lowest BCUT2D eigenvalue weighted by molar-refractivity contribution is 0.424. The van der Waals surface area contributed by atoms with Crippen LogP contribution in [0.3, 0.4) is 0 Å². The van der Waals surface area contributed by atoms with Crippen molar-refractivity contribution in [3.05, 3.63) is 47.0 Å². The van der Waals surface area contributed by atoms with Crippen LogP contribution in [0, 0.1) is 0 Å².